The summed E-state index contributed by atoms with van der Waals surface area (Å²) in [6, 6.07) is 4.25. The number of esters is 1. The van der Waals surface area contributed by atoms with Gasteiger partial charge in [0.2, 0.25) is 0 Å². The first-order valence-corrected chi connectivity index (χ1v) is 4.27. The van der Waals surface area contributed by atoms with Crippen molar-refractivity contribution in [3.63, 3.8) is 0 Å². The number of hydrogen-bond donors (Lipinski definition) is 2. The maximum atomic E-state index is 10.7. The van der Waals surface area contributed by atoms with Crippen molar-refractivity contribution in [2.75, 3.05) is 12.8 Å². The molecule has 0 spiro atoms. The minimum atomic E-state index is -1.14. The van der Waals surface area contributed by atoms with E-state index in [-0.39, 0.29) is 11.3 Å². The van der Waals surface area contributed by atoms with Crippen LogP contribution in [0.4, 0.5) is 5.69 Å². The molecule has 0 saturated carbocycles. The molecule has 0 aliphatic heterocycles. The van der Waals surface area contributed by atoms with Crippen LogP contribution >= 0.6 is 0 Å². The topological polar surface area (TPSA) is 89.6 Å². The van der Waals surface area contributed by atoms with E-state index in [0.29, 0.717) is 5.56 Å². The van der Waals surface area contributed by atoms with Crippen LogP contribution in [0, 0.1) is 11.8 Å². The predicted molar refractivity (Wildman–Crippen MR) is 56.7 cm³/mol. The summed E-state index contributed by atoms with van der Waals surface area (Å²) in [6.07, 6.45) is 0. The van der Waals surface area contributed by atoms with Crippen LogP contribution in [0.2, 0.25) is 0 Å². The summed E-state index contributed by atoms with van der Waals surface area (Å²) in [7, 11) is 1.21. The fourth-order valence-corrected chi connectivity index (χ4v) is 0.993. The molecule has 0 heterocycles. The molecule has 3 N–H and O–H groups in total. The Kier molecular flexibility index (Phi) is 3.51. The average molecular weight is 219 g/mol. The number of rotatable bonds is 1. The third-order valence-electron chi connectivity index (χ3n) is 1.78. The summed E-state index contributed by atoms with van der Waals surface area (Å²) in [5.74, 6) is 2.84. The molecule has 0 bridgehead atoms. The molecule has 0 saturated heterocycles. The first kappa shape index (κ1) is 11.6. The molecule has 1 rings (SSSR count). The van der Waals surface area contributed by atoms with Gasteiger partial charge < -0.3 is 15.6 Å². The highest BCUT2D eigenvalue weighted by Crippen LogP contribution is 2.13. The van der Waals surface area contributed by atoms with Gasteiger partial charge in [-0.05, 0) is 18.2 Å². The van der Waals surface area contributed by atoms with Crippen LogP contribution in [0.5, 0.6) is 0 Å². The quantitative estimate of drug-likeness (QED) is 0.407. The Bertz CT molecular complexity index is 496. The molecule has 0 unspecified atom stereocenters. The van der Waals surface area contributed by atoms with E-state index in [4.69, 9.17) is 10.8 Å². The summed E-state index contributed by atoms with van der Waals surface area (Å²) in [4.78, 5) is 21.5. The summed E-state index contributed by atoms with van der Waals surface area (Å²) in [5, 5.41) is 8.79. The van der Waals surface area contributed by atoms with Crippen molar-refractivity contribution in [2.24, 2.45) is 0 Å². The molecule has 1 aromatic carbocycles. The van der Waals surface area contributed by atoms with Crippen LogP contribution in [0.3, 0.4) is 0 Å². The van der Waals surface area contributed by atoms with E-state index in [1.54, 1.807) is 0 Å². The minimum absolute atomic E-state index is 0.0448. The number of nitrogen functional groups attached to an aromatic ring is 1. The third-order valence-corrected chi connectivity index (χ3v) is 1.78. The van der Waals surface area contributed by atoms with Gasteiger partial charge in [-0.3, -0.25) is 0 Å². The molecule has 5 heteroatoms. The lowest BCUT2D eigenvalue weighted by Crippen LogP contribution is -2.02. The number of methoxy groups -OCH3 is 1. The molecular weight excluding hydrogens is 210 g/mol. The van der Waals surface area contributed by atoms with Gasteiger partial charge in [-0.15, -0.1) is 0 Å². The molecule has 0 amide bonds. The second kappa shape index (κ2) is 4.84. The summed E-state index contributed by atoms with van der Waals surface area (Å²) >= 11 is 0. The number of carbonyl (C=O) groups excluding carboxylic acids is 1. The van der Waals surface area contributed by atoms with Gasteiger partial charge in [0.25, 0.3) is 0 Å². The molecule has 0 fully saturated rings. The van der Waals surface area contributed by atoms with Gasteiger partial charge in [-0.2, -0.15) is 0 Å². The molecule has 5 nitrogen and oxygen atoms in total. The first-order chi connectivity index (χ1) is 7.54. The lowest BCUT2D eigenvalue weighted by atomic mass is 10.1. The molecule has 0 radical (unpaired) electrons. The smallest absolute Gasteiger partial charge is 0.384 e. The maximum Gasteiger partial charge on any atom is 0.384 e. The van der Waals surface area contributed by atoms with E-state index in [1.807, 2.05) is 0 Å². The summed E-state index contributed by atoms with van der Waals surface area (Å²) in [6.45, 7) is 0. The van der Waals surface area contributed by atoms with E-state index in [1.165, 1.54) is 25.3 Å². The Labute approximate surface area is 91.8 Å². The van der Waals surface area contributed by atoms with Crippen LogP contribution in [0.1, 0.15) is 15.9 Å². The van der Waals surface area contributed by atoms with Gasteiger partial charge in [0.1, 0.15) is 0 Å². The molecule has 16 heavy (non-hydrogen) atoms. The van der Waals surface area contributed by atoms with Crippen molar-refractivity contribution >= 4 is 17.6 Å². The number of ether oxygens (including phenoxy) is 1. The van der Waals surface area contributed by atoms with Gasteiger partial charge >= 0.3 is 11.9 Å². The SMILES string of the molecule is COC(=O)C#Cc1ccc(N)c(C(=O)O)c1. The highest BCUT2D eigenvalue weighted by atomic mass is 16.5. The molecule has 0 aliphatic rings. The zero-order valence-corrected chi connectivity index (χ0v) is 8.48. The van der Waals surface area contributed by atoms with Crippen LogP contribution in [0.15, 0.2) is 18.2 Å². The van der Waals surface area contributed by atoms with Gasteiger partial charge in [-0.1, -0.05) is 5.92 Å². The van der Waals surface area contributed by atoms with Gasteiger partial charge in [0, 0.05) is 17.2 Å². The fraction of sp³-hybridized carbons (Fsp3) is 0.0909. The van der Waals surface area contributed by atoms with Crippen molar-refractivity contribution in [2.45, 2.75) is 0 Å². The second-order valence-electron chi connectivity index (χ2n) is 2.85. The Morgan fingerprint density at radius 2 is 2.12 bits per heavy atom. The fourth-order valence-electron chi connectivity index (χ4n) is 0.993. The monoisotopic (exact) mass is 219 g/mol. The van der Waals surface area contributed by atoms with Crippen LogP contribution in [-0.4, -0.2) is 24.2 Å². The molecule has 0 aliphatic carbocycles. The zero-order valence-electron chi connectivity index (χ0n) is 8.48. The van der Waals surface area contributed by atoms with Crippen molar-refractivity contribution in [3.05, 3.63) is 29.3 Å². The largest absolute Gasteiger partial charge is 0.478 e. The van der Waals surface area contributed by atoms with E-state index >= 15 is 0 Å². The van der Waals surface area contributed by atoms with Gasteiger partial charge in [0.05, 0.1) is 12.7 Å². The van der Waals surface area contributed by atoms with Crippen molar-refractivity contribution in [1.82, 2.24) is 0 Å². The summed E-state index contributed by atoms with van der Waals surface area (Å²) in [5.41, 5.74) is 5.94. The standard InChI is InChI=1S/C11H9NO4/c1-16-10(13)5-3-7-2-4-9(12)8(6-7)11(14)15/h2,4,6H,12H2,1H3,(H,14,15). The lowest BCUT2D eigenvalue weighted by molar-refractivity contribution is -0.133. The number of aromatic carboxylic acids is 1. The minimum Gasteiger partial charge on any atom is -0.478 e. The number of carbonyl (C=O) groups is 2. The van der Waals surface area contributed by atoms with Crippen molar-refractivity contribution in [3.8, 4) is 11.8 Å². The number of nitrogens with two attached hydrogens (primary N) is 1. The first-order valence-electron chi connectivity index (χ1n) is 4.27. The lowest BCUT2D eigenvalue weighted by Gasteiger charge is -2.00. The van der Waals surface area contributed by atoms with Crippen LogP contribution < -0.4 is 5.73 Å². The normalized spacial score (nSPS) is 8.81. The van der Waals surface area contributed by atoms with Crippen LogP contribution in [-0.2, 0) is 9.53 Å². The molecule has 0 aromatic heterocycles. The Morgan fingerprint density at radius 1 is 1.44 bits per heavy atom. The van der Waals surface area contributed by atoms with E-state index in [0.717, 1.165) is 0 Å². The number of hydrogen-bond acceptors (Lipinski definition) is 4. The van der Waals surface area contributed by atoms with Crippen LogP contribution in [0.25, 0.3) is 0 Å². The van der Waals surface area contributed by atoms with E-state index in [9.17, 15) is 9.59 Å². The number of benzene rings is 1. The average Bonchev–Trinajstić information content (AvgIpc) is 2.27. The highest BCUT2D eigenvalue weighted by molar-refractivity contribution is 5.94. The maximum absolute atomic E-state index is 10.7. The third kappa shape index (κ3) is 2.75. The number of anilines is 1. The molecule has 1 aromatic rings. The molecule has 82 valence electrons. The van der Waals surface area contributed by atoms with E-state index in [2.05, 4.69) is 16.6 Å². The Balaban J connectivity index is 3.07. The molecular formula is C11H9NO4. The second-order valence-corrected chi connectivity index (χ2v) is 2.85. The Hall–Kier alpha value is -2.48. The Morgan fingerprint density at radius 3 is 2.69 bits per heavy atom. The van der Waals surface area contributed by atoms with Gasteiger partial charge in [0.15, 0.2) is 0 Å². The predicted octanol–water partition coefficient (Wildman–Crippen LogP) is 0.492. The number of carboxylic acid groups (broad SMARTS) is 1. The van der Waals surface area contributed by atoms with Crippen molar-refractivity contribution < 1.29 is 19.4 Å². The van der Waals surface area contributed by atoms with E-state index < -0.39 is 11.9 Å². The van der Waals surface area contributed by atoms with Gasteiger partial charge in [-0.25, -0.2) is 9.59 Å². The summed E-state index contributed by atoms with van der Waals surface area (Å²) < 4.78 is 4.32. The van der Waals surface area contributed by atoms with Crippen molar-refractivity contribution in [1.29, 1.82) is 0 Å². The highest BCUT2D eigenvalue weighted by Gasteiger charge is 2.07. The molecule has 0 atom stereocenters. The zero-order chi connectivity index (χ0) is 12.1. The number of carboxylic acids is 1.